The predicted octanol–water partition coefficient (Wildman–Crippen LogP) is 0.712. The highest BCUT2D eigenvalue weighted by Crippen LogP contribution is 2.24. The van der Waals surface area contributed by atoms with Gasteiger partial charge in [0.25, 0.3) is 0 Å². The van der Waals surface area contributed by atoms with E-state index in [1.165, 1.54) is 16.4 Å². The van der Waals surface area contributed by atoms with E-state index in [9.17, 15) is 13.5 Å². The van der Waals surface area contributed by atoms with Gasteiger partial charge in [-0.2, -0.15) is 4.31 Å². The molecule has 1 aromatic rings. The zero-order chi connectivity index (χ0) is 14.9. The summed E-state index contributed by atoms with van der Waals surface area (Å²) >= 11 is 4.86. The van der Waals surface area contributed by atoms with Crippen LogP contribution in [0, 0.1) is 5.92 Å². The summed E-state index contributed by atoms with van der Waals surface area (Å²) in [7, 11) is -3.62. The topological polar surface area (TPSA) is 83.6 Å². The lowest BCUT2D eigenvalue weighted by Gasteiger charge is -2.33. The molecule has 1 aliphatic heterocycles. The lowest BCUT2D eigenvalue weighted by Crippen LogP contribution is -2.45. The van der Waals surface area contributed by atoms with Crippen molar-refractivity contribution >= 4 is 27.2 Å². The van der Waals surface area contributed by atoms with Crippen molar-refractivity contribution in [2.45, 2.75) is 24.3 Å². The van der Waals surface area contributed by atoms with Crippen molar-refractivity contribution in [2.75, 3.05) is 13.1 Å². The first kappa shape index (κ1) is 15.4. The minimum absolute atomic E-state index is 0.115. The van der Waals surface area contributed by atoms with E-state index >= 15 is 0 Å². The van der Waals surface area contributed by atoms with Gasteiger partial charge in [0.15, 0.2) is 0 Å². The van der Waals surface area contributed by atoms with Crippen LogP contribution < -0.4 is 5.73 Å². The van der Waals surface area contributed by atoms with Crippen LogP contribution in [0.15, 0.2) is 29.2 Å². The molecule has 0 bridgehead atoms. The van der Waals surface area contributed by atoms with Crippen molar-refractivity contribution in [1.82, 2.24) is 4.31 Å². The van der Waals surface area contributed by atoms with Crippen LogP contribution >= 0.6 is 12.2 Å². The molecule has 2 unspecified atom stereocenters. The summed E-state index contributed by atoms with van der Waals surface area (Å²) in [4.78, 5) is 0.318. The van der Waals surface area contributed by atoms with E-state index in [0.717, 1.165) is 0 Å². The molecule has 3 N–H and O–H groups in total. The second kappa shape index (κ2) is 5.77. The van der Waals surface area contributed by atoms with Gasteiger partial charge in [0, 0.05) is 18.7 Å². The maximum absolute atomic E-state index is 12.5. The van der Waals surface area contributed by atoms with Crippen molar-refractivity contribution in [2.24, 2.45) is 11.7 Å². The first-order valence-electron chi connectivity index (χ1n) is 6.40. The van der Waals surface area contributed by atoms with Crippen LogP contribution in [-0.4, -0.2) is 42.0 Å². The molecule has 1 aromatic carbocycles. The molecule has 2 rings (SSSR count). The van der Waals surface area contributed by atoms with Gasteiger partial charge in [0.1, 0.15) is 4.99 Å². The Hall–Kier alpha value is -1.02. The summed E-state index contributed by atoms with van der Waals surface area (Å²) in [5, 5.41) is 9.85. The summed E-state index contributed by atoms with van der Waals surface area (Å²) in [6.07, 6.45) is 0.0207. The van der Waals surface area contributed by atoms with Crippen LogP contribution in [-0.2, 0) is 10.0 Å². The van der Waals surface area contributed by atoms with Gasteiger partial charge in [-0.1, -0.05) is 31.3 Å². The standard InChI is InChI=1S/C13H18N2O3S2/c1-9-5-6-15(8-12(9)16)20(17,18)11-4-2-3-10(7-11)13(14)19/h2-4,7,9,12,16H,5-6,8H2,1H3,(H2,14,19). The largest absolute Gasteiger partial charge is 0.391 e. The van der Waals surface area contributed by atoms with E-state index in [-0.39, 0.29) is 22.3 Å². The van der Waals surface area contributed by atoms with Gasteiger partial charge in [-0.05, 0) is 24.5 Å². The van der Waals surface area contributed by atoms with Gasteiger partial charge in [0.05, 0.1) is 11.0 Å². The highest BCUT2D eigenvalue weighted by molar-refractivity contribution is 7.89. The Morgan fingerprint density at radius 3 is 2.80 bits per heavy atom. The van der Waals surface area contributed by atoms with E-state index in [1.54, 1.807) is 12.1 Å². The van der Waals surface area contributed by atoms with Crippen molar-refractivity contribution in [1.29, 1.82) is 0 Å². The highest BCUT2D eigenvalue weighted by Gasteiger charge is 2.32. The molecule has 110 valence electrons. The van der Waals surface area contributed by atoms with Crippen LogP contribution in [0.3, 0.4) is 0 Å². The number of rotatable bonds is 3. The molecule has 0 saturated carbocycles. The SMILES string of the molecule is CC1CCN(S(=O)(=O)c2cccc(C(N)=S)c2)CC1O. The van der Waals surface area contributed by atoms with Crippen LogP contribution in [0.25, 0.3) is 0 Å². The smallest absolute Gasteiger partial charge is 0.243 e. The molecule has 0 radical (unpaired) electrons. The van der Waals surface area contributed by atoms with Gasteiger partial charge < -0.3 is 10.8 Å². The number of β-amino-alcohol motifs (C(OH)–C–C–N with tert-alkyl or cyclic N) is 1. The third-order valence-electron chi connectivity index (χ3n) is 3.64. The average Bonchev–Trinajstić information content (AvgIpc) is 2.42. The van der Waals surface area contributed by atoms with E-state index in [0.29, 0.717) is 18.5 Å². The molecule has 7 heteroatoms. The minimum atomic E-state index is -3.62. The summed E-state index contributed by atoms with van der Waals surface area (Å²) in [5.74, 6) is 0.115. The number of piperidine rings is 1. The number of thiocarbonyl (C=S) groups is 1. The maximum atomic E-state index is 12.5. The number of sulfonamides is 1. The van der Waals surface area contributed by atoms with Crippen LogP contribution in [0.1, 0.15) is 18.9 Å². The van der Waals surface area contributed by atoms with Crippen LogP contribution in [0.2, 0.25) is 0 Å². The molecule has 2 atom stereocenters. The van der Waals surface area contributed by atoms with Gasteiger partial charge in [-0.3, -0.25) is 0 Å². The quantitative estimate of drug-likeness (QED) is 0.803. The molecule has 1 saturated heterocycles. The molecule has 1 aliphatic rings. The second-order valence-corrected chi connectivity index (χ2v) is 7.47. The lowest BCUT2D eigenvalue weighted by atomic mass is 9.98. The number of hydrogen-bond acceptors (Lipinski definition) is 4. The molecular weight excluding hydrogens is 296 g/mol. The van der Waals surface area contributed by atoms with Gasteiger partial charge >= 0.3 is 0 Å². The molecule has 20 heavy (non-hydrogen) atoms. The van der Waals surface area contributed by atoms with E-state index < -0.39 is 16.1 Å². The van der Waals surface area contributed by atoms with E-state index in [1.807, 2.05) is 6.92 Å². The van der Waals surface area contributed by atoms with E-state index in [4.69, 9.17) is 18.0 Å². The van der Waals surface area contributed by atoms with Crippen molar-refractivity contribution in [3.8, 4) is 0 Å². The first-order chi connectivity index (χ1) is 9.32. The number of aliphatic hydroxyl groups is 1. The van der Waals surface area contributed by atoms with Gasteiger partial charge in [-0.25, -0.2) is 8.42 Å². The molecule has 0 aromatic heterocycles. The normalized spacial score (nSPS) is 24.5. The zero-order valence-corrected chi connectivity index (χ0v) is 12.8. The molecule has 1 fully saturated rings. The Bertz CT molecular complexity index is 616. The van der Waals surface area contributed by atoms with E-state index in [2.05, 4.69) is 0 Å². The number of benzene rings is 1. The number of nitrogens with two attached hydrogens (primary N) is 1. The molecule has 0 spiro atoms. The molecule has 0 amide bonds. The highest BCUT2D eigenvalue weighted by atomic mass is 32.2. The number of hydrogen-bond donors (Lipinski definition) is 2. The molecule has 0 aliphatic carbocycles. The molecule has 1 heterocycles. The summed E-state index contributed by atoms with van der Waals surface area (Å²) < 4.78 is 26.4. The summed E-state index contributed by atoms with van der Waals surface area (Å²) in [6, 6.07) is 6.28. The third kappa shape index (κ3) is 3.01. The monoisotopic (exact) mass is 314 g/mol. The van der Waals surface area contributed by atoms with Crippen molar-refractivity contribution < 1.29 is 13.5 Å². The Balaban J connectivity index is 2.31. The van der Waals surface area contributed by atoms with Crippen molar-refractivity contribution in [3.05, 3.63) is 29.8 Å². The molecule has 5 nitrogen and oxygen atoms in total. The summed E-state index contributed by atoms with van der Waals surface area (Å²) in [5.41, 5.74) is 6.05. The lowest BCUT2D eigenvalue weighted by molar-refractivity contribution is 0.0605. The third-order valence-corrected chi connectivity index (χ3v) is 5.73. The fourth-order valence-electron chi connectivity index (χ4n) is 2.20. The van der Waals surface area contributed by atoms with Gasteiger partial charge in [-0.15, -0.1) is 0 Å². The van der Waals surface area contributed by atoms with Gasteiger partial charge in [0.2, 0.25) is 10.0 Å². The minimum Gasteiger partial charge on any atom is -0.391 e. The second-order valence-electron chi connectivity index (χ2n) is 5.09. The number of nitrogens with zero attached hydrogens (tertiary/aromatic N) is 1. The zero-order valence-electron chi connectivity index (χ0n) is 11.2. The Morgan fingerprint density at radius 2 is 2.20 bits per heavy atom. The first-order valence-corrected chi connectivity index (χ1v) is 8.25. The average molecular weight is 314 g/mol. The Morgan fingerprint density at radius 1 is 1.50 bits per heavy atom. The van der Waals surface area contributed by atoms with Crippen LogP contribution in [0.4, 0.5) is 0 Å². The maximum Gasteiger partial charge on any atom is 0.243 e. The predicted molar refractivity (Wildman–Crippen MR) is 80.9 cm³/mol. The fourth-order valence-corrected chi connectivity index (χ4v) is 3.84. The molecular formula is C13H18N2O3S2. The van der Waals surface area contributed by atoms with Crippen LogP contribution in [0.5, 0.6) is 0 Å². The Kier molecular flexibility index (Phi) is 4.43. The van der Waals surface area contributed by atoms with Crippen molar-refractivity contribution in [3.63, 3.8) is 0 Å². The number of aliphatic hydroxyl groups excluding tert-OH is 1. The Labute approximate surface area is 124 Å². The fraction of sp³-hybridized carbons (Fsp3) is 0.462. The summed E-state index contributed by atoms with van der Waals surface area (Å²) in [6.45, 7) is 2.46.